The number of hydrogen-bond acceptors (Lipinski definition) is 3. The van der Waals surface area contributed by atoms with Crippen LogP contribution < -0.4 is 0 Å². The summed E-state index contributed by atoms with van der Waals surface area (Å²) in [6.45, 7) is 3.68. The van der Waals surface area contributed by atoms with Crippen molar-refractivity contribution in [2.75, 3.05) is 0 Å². The van der Waals surface area contributed by atoms with E-state index in [0.717, 1.165) is 16.7 Å². The first-order valence-electron chi connectivity index (χ1n) is 5.69. The van der Waals surface area contributed by atoms with E-state index in [2.05, 4.69) is 4.98 Å². The molecule has 0 amide bonds. The summed E-state index contributed by atoms with van der Waals surface area (Å²) in [5, 5.41) is 9.02. The van der Waals surface area contributed by atoms with E-state index in [9.17, 15) is 4.79 Å². The highest BCUT2D eigenvalue weighted by Gasteiger charge is 2.16. The third kappa shape index (κ3) is 2.46. The number of hydrogen-bond donors (Lipinski definition) is 1. The summed E-state index contributed by atoms with van der Waals surface area (Å²) in [6.07, 6.45) is 1.17. The molecule has 0 bridgehead atoms. The zero-order chi connectivity index (χ0) is 12.4. The first-order chi connectivity index (χ1) is 8.10. The molecule has 1 heterocycles. The fourth-order valence-electron chi connectivity index (χ4n) is 1.91. The molecular weight excluding hydrogens is 218 g/mol. The second-order valence-electron chi connectivity index (χ2n) is 4.18. The third-order valence-electron chi connectivity index (χ3n) is 2.88. The molecule has 17 heavy (non-hydrogen) atoms. The average Bonchev–Trinajstić information content (AvgIpc) is 2.64. The van der Waals surface area contributed by atoms with Crippen molar-refractivity contribution in [2.24, 2.45) is 5.92 Å². The van der Waals surface area contributed by atoms with Gasteiger partial charge in [0.25, 0.3) is 0 Å². The number of oxazole rings is 1. The summed E-state index contributed by atoms with van der Waals surface area (Å²) in [6, 6.07) is 5.65. The van der Waals surface area contributed by atoms with Gasteiger partial charge in [0.2, 0.25) is 0 Å². The number of aromatic nitrogens is 1. The van der Waals surface area contributed by atoms with Crippen molar-refractivity contribution < 1.29 is 14.3 Å². The van der Waals surface area contributed by atoms with Gasteiger partial charge in [0.05, 0.1) is 5.92 Å². The lowest BCUT2D eigenvalue weighted by Gasteiger charge is -2.08. The van der Waals surface area contributed by atoms with E-state index in [1.807, 2.05) is 25.1 Å². The highest BCUT2D eigenvalue weighted by atomic mass is 16.4. The minimum absolute atomic E-state index is 0.333. The van der Waals surface area contributed by atoms with Crippen LogP contribution in [-0.2, 0) is 11.2 Å². The molecule has 1 aromatic carbocycles. The van der Waals surface area contributed by atoms with Gasteiger partial charge in [-0.15, -0.1) is 0 Å². The van der Waals surface area contributed by atoms with E-state index in [1.54, 1.807) is 6.92 Å². The van der Waals surface area contributed by atoms with Gasteiger partial charge in [0.1, 0.15) is 5.52 Å². The molecule has 0 fully saturated rings. The monoisotopic (exact) mass is 233 g/mol. The Morgan fingerprint density at radius 2 is 2.29 bits per heavy atom. The van der Waals surface area contributed by atoms with Crippen LogP contribution >= 0.6 is 0 Å². The van der Waals surface area contributed by atoms with Gasteiger partial charge in [-0.1, -0.05) is 13.0 Å². The molecule has 4 nitrogen and oxygen atoms in total. The van der Waals surface area contributed by atoms with E-state index >= 15 is 0 Å². The minimum atomic E-state index is -0.746. The molecule has 2 aromatic rings. The summed E-state index contributed by atoms with van der Waals surface area (Å²) in [5.74, 6) is -0.452. The molecule has 1 N–H and O–H groups in total. The number of benzene rings is 1. The predicted molar refractivity (Wildman–Crippen MR) is 63.9 cm³/mol. The van der Waals surface area contributed by atoms with Crippen LogP contribution in [0.25, 0.3) is 11.1 Å². The molecule has 0 aliphatic carbocycles. The number of fused-ring (bicyclic) bond motifs is 1. The summed E-state index contributed by atoms with van der Waals surface area (Å²) < 4.78 is 5.37. The zero-order valence-corrected chi connectivity index (χ0v) is 9.93. The Bertz CT molecular complexity index is 545. The quantitative estimate of drug-likeness (QED) is 0.881. The van der Waals surface area contributed by atoms with Crippen LogP contribution in [0.2, 0.25) is 0 Å². The molecule has 1 aromatic heterocycles. The molecule has 0 saturated carbocycles. The van der Waals surface area contributed by atoms with Crippen molar-refractivity contribution in [1.29, 1.82) is 0 Å². The molecule has 90 valence electrons. The minimum Gasteiger partial charge on any atom is -0.481 e. The second-order valence-corrected chi connectivity index (χ2v) is 4.18. The molecule has 0 aliphatic heterocycles. The number of rotatable bonds is 4. The first kappa shape index (κ1) is 11.6. The third-order valence-corrected chi connectivity index (χ3v) is 2.88. The highest BCUT2D eigenvalue weighted by Crippen LogP contribution is 2.19. The van der Waals surface area contributed by atoms with Gasteiger partial charge >= 0.3 is 5.97 Å². The lowest BCUT2D eigenvalue weighted by atomic mass is 9.97. The van der Waals surface area contributed by atoms with Gasteiger partial charge in [0.15, 0.2) is 11.5 Å². The summed E-state index contributed by atoms with van der Waals surface area (Å²) in [5.41, 5.74) is 2.52. The van der Waals surface area contributed by atoms with E-state index in [4.69, 9.17) is 9.52 Å². The molecule has 0 saturated heterocycles. The smallest absolute Gasteiger partial charge is 0.306 e. The number of aryl methyl sites for hydroxylation is 1. The standard InChI is InChI=1S/C13H15NO3/c1-3-10(13(15)16)6-9-4-5-12-11(7-9)14-8(2)17-12/h4-5,7,10H,3,6H2,1-2H3,(H,15,16). The maximum Gasteiger partial charge on any atom is 0.306 e. The van der Waals surface area contributed by atoms with Crippen molar-refractivity contribution >= 4 is 17.1 Å². The van der Waals surface area contributed by atoms with Crippen molar-refractivity contribution in [3.05, 3.63) is 29.7 Å². The van der Waals surface area contributed by atoms with Crippen LogP contribution in [0.15, 0.2) is 22.6 Å². The molecule has 2 rings (SSSR count). The lowest BCUT2D eigenvalue weighted by molar-refractivity contribution is -0.141. The molecule has 0 spiro atoms. The Morgan fingerprint density at radius 3 is 2.94 bits per heavy atom. The van der Waals surface area contributed by atoms with Crippen LogP contribution in [0.4, 0.5) is 0 Å². The van der Waals surface area contributed by atoms with Crippen LogP contribution in [0.1, 0.15) is 24.8 Å². The Morgan fingerprint density at radius 1 is 1.53 bits per heavy atom. The number of carboxylic acid groups (broad SMARTS) is 1. The fraction of sp³-hybridized carbons (Fsp3) is 0.385. The van der Waals surface area contributed by atoms with Gasteiger partial charge in [-0.2, -0.15) is 0 Å². The highest BCUT2D eigenvalue weighted by molar-refractivity contribution is 5.74. The van der Waals surface area contributed by atoms with Gasteiger partial charge in [0, 0.05) is 6.92 Å². The summed E-state index contributed by atoms with van der Waals surface area (Å²) in [7, 11) is 0. The predicted octanol–water partition coefficient (Wildman–Crippen LogP) is 2.79. The van der Waals surface area contributed by atoms with Gasteiger partial charge < -0.3 is 9.52 Å². The van der Waals surface area contributed by atoms with Crippen LogP contribution in [0.5, 0.6) is 0 Å². The number of aliphatic carboxylic acids is 1. The summed E-state index contributed by atoms with van der Waals surface area (Å²) in [4.78, 5) is 15.2. The van der Waals surface area contributed by atoms with E-state index in [1.165, 1.54) is 0 Å². The summed E-state index contributed by atoms with van der Waals surface area (Å²) >= 11 is 0. The Hall–Kier alpha value is -1.84. The Labute approximate surface area is 99.3 Å². The Balaban J connectivity index is 2.26. The number of carbonyl (C=O) groups is 1. The topological polar surface area (TPSA) is 63.3 Å². The first-order valence-corrected chi connectivity index (χ1v) is 5.69. The van der Waals surface area contributed by atoms with Crippen molar-refractivity contribution in [3.63, 3.8) is 0 Å². The van der Waals surface area contributed by atoms with Crippen molar-refractivity contribution in [1.82, 2.24) is 4.98 Å². The van der Waals surface area contributed by atoms with Gasteiger partial charge in [-0.05, 0) is 30.5 Å². The largest absolute Gasteiger partial charge is 0.481 e. The molecule has 4 heteroatoms. The van der Waals surface area contributed by atoms with E-state index in [-0.39, 0.29) is 5.92 Å². The lowest BCUT2D eigenvalue weighted by Crippen LogP contribution is -2.15. The van der Waals surface area contributed by atoms with Crippen molar-refractivity contribution in [2.45, 2.75) is 26.7 Å². The van der Waals surface area contributed by atoms with Crippen molar-refractivity contribution in [3.8, 4) is 0 Å². The SMILES string of the molecule is CCC(Cc1ccc2oc(C)nc2c1)C(=O)O. The molecule has 0 radical (unpaired) electrons. The Kier molecular flexibility index (Phi) is 3.13. The van der Waals surface area contributed by atoms with Crippen LogP contribution in [-0.4, -0.2) is 16.1 Å². The molecule has 1 atom stereocenters. The normalized spacial score (nSPS) is 12.8. The van der Waals surface area contributed by atoms with E-state index in [0.29, 0.717) is 18.7 Å². The average molecular weight is 233 g/mol. The van der Waals surface area contributed by atoms with Crippen LogP contribution in [0, 0.1) is 12.8 Å². The van der Waals surface area contributed by atoms with E-state index < -0.39 is 5.97 Å². The number of carboxylic acids is 1. The molecule has 1 unspecified atom stereocenters. The maximum atomic E-state index is 11.0. The molecular formula is C13H15NO3. The van der Waals surface area contributed by atoms with Crippen LogP contribution in [0.3, 0.4) is 0 Å². The van der Waals surface area contributed by atoms with Gasteiger partial charge in [-0.25, -0.2) is 4.98 Å². The maximum absolute atomic E-state index is 11.0. The fourth-order valence-corrected chi connectivity index (χ4v) is 1.91. The van der Waals surface area contributed by atoms with Gasteiger partial charge in [-0.3, -0.25) is 4.79 Å². The second kappa shape index (κ2) is 4.57. The number of nitrogens with zero attached hydrogens (tertiary/aromatic N) is 1. The zero-order valence-electron chi connectivity index (χ0n) is 9.93. The molecule has 0 aliphatic rings.